The van der Waals surface area contributed by atoms with E-state index in [2.05, 4.69) is 15.8 Å². The molecule has 0 aliphatic carbocycles. The smallest absolute Gasteiger partial charge is 0.259 e. The second kappa shape index (κ2) is 6.87. The van der Waals surface area contributed by atoms with Crippen molar-refractivity contribution in [2.24, 2.45) is 5.10 Å². The first-order valence-corrected chi connectivity index (χ1v) is 7.78. The van der Waals surface area contributed by atoms with Crippen molar-refractivity contribution in [3.8, 4) is 0 Å². The normalized spacial score (nSPS) is 10.9. The van der Waals surface area contributed by atoms with Crippen molar-refractivity contribution in [2.75, 3.05) is 11.9 Å². The molecule has 110 valence electrons. The summed E-state index contributed by atoms with van der Waals surface area (Å²) in [7, 11) is 0. The molecule has 0 aliphatic heterocycles. The largest absolute Gasteiger partial charge is 0.376 e. The molecule has 5 heteroatoms. The molecule has 2 aromatic carbocycles. The standard InChI is InChI=1S/C17H15N3OS/c21-17(20-19-11-14-7-4-10-22-14)12-18-16-9-3-6-13-5-1-2-8-15(13)16/h1-11,18H,12H2,(H,20,21). The summed E-state index contributed by atoms with van der Waals surface area (Å²) in [6, 6.07) is 17.9. The molecule has 3 aromatic rings. The first kappa shape index (κ1) is 14.3. The quantitative estimate of drug-likeness (QED) is 0.560. The SMILES string of the molecule is O=C(CNc1cccc2ccccc12)NN=Cc1cccs1. The van der Waals surface area contributed by atoms with Crippen molar-refractivity contribution in [1.29, 1.82) is 0 Å². The number of hydrogen-bond donors (Lipinski definition) is 2. The van der Waals surface area contributed by atoms with Gasteiger partial charge in [0.1, 0.15) is 0 Å². The molecule has 0 saturated carbocycles. The van der Waals surface area contributed by atoms with Gasteiger partial charge < -0.3 is 5.32 Å². The topological polar surface area (TPSA) is 53.5 Å². The number of amides is 1. The Bertz CT molecular complexity index is 791. The Labute approximate surface area is 132 Å². The monoisotopic (exact) mass is 309 g/mol. The lowest BCUT2D eigenvalue weighted by molar-refractivity contribution is -0.119. The molecule has 0 unspecified atom stereocenters. The van der Waals surface area contributed by atoms with E-state index in [1.807, 2.05) is 60.0 Å². The molecule has 0 atom stereocenters. The van der Waals surface area contributed by atoms with E-state index in [0.29, 0.717) is 0 Å². The van der Waals surface area contributed by atoms with Crippen LogP contribution in [0.5, 0.6) is 0 Å². The van der Waals surface area contributed by atoms with E-state index >= 15 is 0 Å². The Morgan fingerprint density at radius 1 is 1.09 bits per heavy atom. The van der Waals surface area contributed by atoms with Crippen LogP contribution in [0.2, 0.25) is 0 Å². The highest BCUT2D eigenvalue weighted by molar-refractivity contribution is 7.11. The first-order chi connectivity index (χ1) is 10.8. The molecule has 0 bridgehead atoms. The predicted molar refractivity (Wildman–Crippen MR) is 92.5 cm³/mol. The Morgan fingerprint density at radius 3 is 2.82 bits per heavy atom. The van der Waals surface area contributed by atoms with E-state index in [1.165, 1.54) is 0 Å². The van der Waals surface area contributed by atoms with Crippen LogP contribution in [0.15, 0.2) is 65.1 Å². The van der Waals surface area contributed by atoms with E-state index in [-0.39, 0.29) is 12.5 Å². The van der Waals surface area contributed by atoms with Crippen LogP contribution in [-0.2, 0) is 4.79 Å². The van der Waals surface area contributed by atoms with Gasteiger partial charge in [0.25, 0.3) is 5.91 Å². The number of benzene rings is 2. The van der Waals surface area contributed by atoms with Gasteiger partial charge in [-0.05, 0) is 22.9 Å². The third-order valence-electron chi connectivity index (χ3n) is 3.15. The van der Waals surface area contributed by atoms with Gasteiger partial charge in [0.05, 0.1) is 12.8 Å². The Kier molecular flexibility index (Phi) is 4.46. The number of anilines is 1. The zero-order valence-electron chi connectivity index (χ0n) is 11.8. The summed E-state index contributed by atoms with van der Waals surface area (Å²) in [5.74, 6) is -0.180. The lowest BCUT2D eigenvalue weighted by Gasteiger charge is -2.08. The highest BCUT2D eigenvalue weighted by Crippen LogP contribution is 2.22. The fraction of sp³-hybridized carbons (Fsp3) is 0.0588. The molecule has 0 fully saturated rings. The summed E-state index contributed by atoms with van der Waals surface area (Å²) >= 11 is 1.57. The van der Waals surface area contributed by atoms with Crippen molar-refractivity contribution in [1.82, 2.24) is 5.43 Å². The first-order valence-electron chi connectivity index (χ1n) is 6.90. The summed E-state index contributed by atoms with van der Waals surface area (Å²) in [4.78, 5) is 12.8. The molecule has 1 amide bonds. The molecule has 0 radical (unpaired) electrons. The molecular weight excluding hydrogens is 294 g/mol. The van der Waals surface area contributed by atoms with Gasteiger partial charge in [-0.15, -0.1) is 11.3 Å². The van der Waals surface area contributed by atoms with Crippen LogP contribution in [-0.4, -0.2) is 18.7 Å². The summed E-state index contributed by atoms with van der Waals surface area (Å²) in [6.07, 6.45) is 1.64. The zero-order valence-corrected chi connectivity index (χ0v) is 12.6. The fourth-order valence-electron chi connectivity index (χ4n) is 2.13. The van der Waals surface area contributed by atoms with Crippen LogP contribution in [0.25, 0.3) is 10.8 Å². The van der Waals surface area contributed by atoms with Gasteiger partial charge in [-0.2, -0.15) is 5.10 Å². The van der Waals surface area contributed by atoms with Crippen LogP contribution >= 0.6 is 11.3 Å². The van der Waals surface area contributed by atoms with Crippen molar-refractivity contribution < 1.29 is 4.79 Å². The molecule has 0 saturated heterocycles. The van der Waals surface area contributed by atoms with Crippen molar-refractivity contribution in [3.63, 3.8) is 0 Å². The number of hydrazone groups is 1. The van der Waals surface area contributed by atoms with Gasteiger partial charge in [0.2, 0.25) is 0 Å². The molecule has 2 N–H and O–H groups in total. The molecule has 22 heavy (non-hydrogen) atoms. The number of rotatable bonds is 5. The number of thiophene rings is 1. The van der Waals surface area contributed by atoms with Gasteiger partial charge in [0.15, 0.2) is 0 Å². The average Bonchev–Trinajstić information content (AvgIpc) is 3.06. The Morgan fingerprint density at radius 2 is 1.95 bits per heavy atom. The maximum Gasteiger partial charge on any atom is 0.259 e. The predicted octanol–water partition coefficient (Wildman–Crippen LogP) is 3.46. The molecule has 3 rings (SSSR count). The fourth-order valence-corrected chi connectivity index (χ4v) is 2.71. The van der Waals surface area contributed by atoms with Crippen molar-refractivity contribution in [3.05, 3.63) is 64.9 Å². The molecule has 4 nitrogen and oxygen atoms in total. The number of hydrogen-bond acceptors (Lipinski definition) is 4. The highest BCUT2D eigenvalue weighted by atomic mass is 32.1. The highest BCUT2D eigenvalue weighted by Gasteiger charge is 2.02. The zero-order chi connectivity index (χ0) is 15.2. The van der Waals surface area contributed by atoms with E-state index in [4.69, 9.17) is 0 Å². The van der Waals surface area contributed by atoms with Crippen LogP contribution < -0.4 is 10.7 Å². The van der Waals surface area contributed by atoms with Gasteiger partial charge in [-0.25, -0.2) is 5.43 Å². The van der Waals surface area contributed by atoms with E-state index in [1.54, 1.807) is 17.6 Å². The molecule has 1 heterocycles. The third kappa shape index (κ3) is 3.51. The summed E-state index contributed by atoms with van der Waals surface area (Å²) in [6.45, 7) is 0.176. The van der Waals surface area contributed by atoms with Gasteiger partial charge in [-0.3, -0.25) is 4.79 Å². The summed E-state index contributed by atoms with van der Waals surface area (Å²) in [5, 5.41) is 11.3. The van der Waals surface area contributed by atoms with Gasteiger partial charge in [0, 0.05) is 16.0 Å². The maximum atomic E-state index is 11.8. The number of carbonyl (C=O) groups excluding carboxylic acids is 1. The van der Waals surface area contributed by atoms with Crippen molar-refractivity contribution >= 4 is 39.9 Å². The van der Waals surface area contributed by atoms with Gasteiger partial charge in [-0.1, -0.05) is 42.5 Å². The van der Waals surface area contributed by atoms with Crippen LogP contribution in [0.4, 0.5) is 5.69 Å². The molecule has 1 aromatic heterocycles. The lowest BCUT2D eigenvalue weighted by atomic mass is 10.1. The third-order valence-corrected chi connectivity index (χ3v) is 3.96. The van der Waals surface area contributed by atoms with E-state index in [0.717, 1.165) is 21.3 Å². The van der Waals surface area contributed by atoms with E-state index < -0.39 is 0 Å². The summed E-state index contributed by atoms with van der Waals surface area (Å²) in [5.41, 5.74) is 3.45. The molecule has 0 aliphatic rings. The Hall–Kier alpha value is -2.66. The number of carbonyl (C=O) groups is 1. The molecule has 0 spiro atoms. The van der Waals surface area contributed by atoms with Crippen LogP contribution in [0.3, 0.4) is 0 Å². The van der Waals surface area contributed by atoms with Crippen molar-refractivity contribution in [2.45, 2.75) is 0 Å². The minimum absolute atomic E-state index is 0.176. The number of nitrogens with zero attached hydrogens (tertiary/aromatic N) is 1. The van der Waals surface area contributed by atoms with Crippen LogP contribution in [0, 0.1) is 0 Å². The second-order valence-electron chi connectivity index (χ2n) is 4.69. The lowest BCUT2D eigenvalue weighted by Crippen LogP contribution is -2.25. The molecular formula is C17H15N3OS. The van der Waals surface area contributed by atoms with Gasteiger partial charge >= 0.3 is 0 Å². The number of nitrogens with one attached hydrogen (secondary N) is 2. The average molecular weight is 309 g/mol. The Balaban J connectivity index is 1.58. The maximum absolute atomic E-state index is 11.8. The second-order valence-corrected chi connectivity index (χ2v) is 5.67. The van der Waals surface area contributed by atoms with E-state index in [9.17, 15) is 4.79 Å². The minimum atomic E-state index is -0.180. The van der Waals surface area contributed by atoms with Crippen LogP contribution in [0.1, 0.15) is 4.88 Å². The summed E-state index contributed by atoms with van der Waals surface area (Å²) < 4.78 is 0. The minimum Gasteiger partial charge on any atom is -0.376 e. The number of fused-ring (bicyclic) bond motifs is 1.